The highest BCUT2D eigenvalue weighted by atomic mass is 127. The molecule has 0 unspecified atom stereocenters. The molecule has 2 aromatic rings. The van der Waals surface area contributed by atoms with Crippen LogP contribution in [0.1, 0.15) is 23.6 Å². The molecular formula is C21H26F4IN3O3. The number of methoxy groups -OCH3 is 3. The summed E-state index contributed by atoms with van der Waals surface area (Å²) in [7, 11) is 4.52. The summed E-state index contributed by atoms with van der Waals surface area (Å²) in [6.07, 6.45) is -4.67. The van der Waals surface area contributed by atoms with Crippen molar-refractivity contribution >= 4 is 29.9 Å². The summed E-state index contributed by atoms with van der Waals surface area (Å²) in [6.45, 7) is 2.29. The molecule has 2 aromatic carbocycles. The number of alkyl halides is 3. The molecule has 178 valence electrons. The number of ether oxygens (including phenoxy) is 3. The minimum Gasteiger partial charge on any atom is -0.496 e. The van der Waals surface area contributed by atoms with E-state index in [9.17, 15) is 17.6 Å². The van der Waals surface area contributed by atoms with E-state index in [0.29, 0.717) is 35.4 Å². The van der Waals surface area contributed by atoms with Gasteiger partial charge in [0.2, 0.25) is 0 Å². The topological polar surface area (TPSA) is 64.1 Å². The van der Waals surface area contributed by atoms with E-state index in [1.54, 1.807) is 12.1 Å². The van der Waals surface area contributed by atoms with E-state index in [0.717, 1.165) is 12.1 Å². The second-order valence-corrected chi connectivity index (χ2v) is 6.37. The van der Waals surface area contributed by atoms with E-state index < -0.39 is 17.6 Å². The van der Waals surface area contributed by atoms with Crippen molar-refractivity contribution in [3.8, 4) is 17.2 Å². The van der Waals surface area contributed by atoms with E-state index in [-0.39, 0.29) is 48.6 Å². The lowest BCUT2D eigenvalue weighted by Gasteiger charge is -2.16. The predicted octanol–water partition coefficient (Wildman–Crippen LogP) is 4.74. The van der Waals surface area contributed by atoms with Crippen LogP contribution < -0.4 is 24.8 Å². The van der Waals surface area contributed by atoms with E-state index in [1.165, 1.54) is 21.3 Å². The van der Waals surface area contributed by atoms with E-state index in [2.05, 4.69) is 15.6 Å². The molecule has 0 bridgehead atoms. The highest BCUT2D eigenvalue weighted by Crippen LogP contribution is 2.35. The summed E-state index contributed by atoms with van der Waals surface area (Å²) in [4.78, 5) is 4.41. The van der Waals surface area contributed by atoms with Gasteiger partial charge in [-0.2, -0.15) is 13.2 Å². The number of halogens is 5. The first-order valence-corrected chi connectivity index (χ1v) is 9.40. The summed E-state index contributed by atoms with van der Waals surface area (Å²) in [5.41, 5.74) is -0.435. The number of nitrogens with zero attached hydrogens (tertiary/aromatic N) is 1. The molecule has 11 heteroatoms. The number of hydrogen-bond donors (Lipinski definition) is 2. The number of benzene rings is 2. The molecule has 2 N–H and O–H groups in total. The van der Waals surface area contributed by atoms with Gasteiger partial charge in [-0.15, -0.1) is 24.0 Å². The maximum absolute atomic E-state index is 13.3. The van der Waals surface area contributed by atoms with Gasteiger partial charge in [0.25, 0.3) is 0 Å². The zero-order valence-electron chi connectivity index (χ0n) is 18.1. The summed E-state index contributed by atoms with van der Waals surface area (Å²) >= 11 is 0. The Hall–Kier alpha value is -2.44. The van der Waals surface area contributed by atoms with Crippen LogP contribution in [0.25, 0.3) is 0 Å². The van der Waals surface area contributed by atoms with Crippen LogP contribution in [0.5, 0.6) is 17.2 Å². The van der Waals surface area contributed by atoms with Gasteiger partial charge in [0.05, 0.1) is 33.4 Å². The molecule has 0 heterocycles. The fraction of sp³-hybridized carbons (Fsp3) is 0.381. The molecule has 0 aliphatic rings. The van der Waals surface area contributed by atoms with Crippen LogP contribution in [-0.2, 0) is 19.3 Å². The molecule has 0 aromatic heterocycles. The van der Waals surface area contributed by atoms with Crippen molar-refractivity contribution in [1.82, 2.24) is 10.6 Å². The average molecular weight is 571 g/mol. The van der Waals surface area contributed by atoms with Gasteiger partial charge in [0, 0.05) is 24.7 Å². The van der Waals surface area contributed by atoms with Crippen molar-refractivity contribution in [1.29, 1.82) is 0 Å². The minimum absolute atomic E-state index is 0. The summed E-state index contributed by atoms with van der Waals surface area (Å²) in [5.74, 6) is 0.852. The zero-order valence-corrected chi connectivity index (χ0v) is 20.4. The fourth-order valence-corrected chi connectivity index (χ4v) is 2.87. The average Bonchev–Trinajstić information content (AvgIpc) is 2.74. The molecule has 0 radical (unpaired) electrons. The van der Waals surface area contributed by atoms with Gasteiger partial charge in [0.15, 0.2) is 17.5 Å². The second kappa shape index (κ2) is 12.6. The number of hydrogen-bond acceptors (Lipinski definition) is 4. The van der Waals surface area contributed by atoms with Gasteiger partial charge in [-0.25, -0.2) is 9.38 Å². The largest absolute Gasteiger partial charge is 0.496 e. The van der Waals surface area contributed by atoms with Crippen LogP contribution in [0, 0.1) is 5.82 Å². The molecule has 0 saturated carbocycles. The third kappa shape index (κ3) is 7.31. The molecule has 2 rings (SSSR count). The summed E-state index contributed by atoms with van der Waals surface area (Å²) in [6, 6.07) is 5.96. The summed E-state index contributed by atoms with van der Waals surface area (Å²) < 4.78 is 68.8. The second-order valence-electron chi connectivity index (χ2n) is 6.37. The smallest absolute Gasteiger partial charge is 0.416 e. The number of guanidine groups is 1. The Morgan fingerprint density at radius 1 is 0.906 bits per heavy atom. The van der Waals surface area contributed by atoms with Crippen LogP contribution in [0.4, 0.5) is 17.6 Å². The van der Waals surface area contributed by atoms with Crippen molar-refractivity contribution in [2.75, 3.05) is 27.9 Å². The van der Waals surface area contributed by atoms with Gasteiger partial charge in [-0.1, -0.05) is 6.07 Å². The van der Waals surface area contributed by atoms with Crippen molar-refractivity contribution in [2.24, 2.45) is 4.99 Å². The summed E-state index contributed by atoms with van der Waals surface area (Å²) in [5, 5.41) is 5.82. The van der Waals surface area contributed by atoms with Gasteiger partial charge < -0.3 is 24.8 Å². The predicted molar refractivity (Wildman–Crippen MR) is 125 cm³/mol. The fourth-order valence-electron chi connectivity index (χ4n) is 2.87. The lowest BCUT2D eigenvalue weighted by atomic mass is 10.1. The van der Waals surface area contributed by atoms with Crippen LogP contribution in [0.2, 0.25) is 0 Å². The lowest BCUT2D eigenvalue weighted by Crippen LogP contribution is -2.37. The maximum Gasteiger partial charge on any atom is 0.416 e. The number of aliphatic imine (C=N–C) groups is 1. The van der Waals surface area contributed by atoms with Crippen molar-refractivity contribution in [2.45, 2.75) is 26.2 Å². The number of nitrogens with one attached hydrogen (secondary N) is 2. The van der Waals surface area contributed by atoms with Gasteiger partial charge in [0.1, 0.15) is 11.6 Å². The molecule has 0 atom stereocenters. The van der Waals surface area contributed by atoms with Crippen molar-refractivity contribution in [3.05, 3.63) is 52.8 Å². The normalized spacial score (nSPS) is 11.4. The van der Waals surface area contributed by atoms with Crippen molar-refractivity contribution in [3.63, 3.8) is 0 Å². The highest BCUT2D eigenvalue weighted by molar-refractivity contribution is 14.0. The quantitative estimate of drug-likeness (QED) is 0.208. The van der Waals surface area contributed by atoms with Crippen LogP contribution >= 0.6 is 24.0 Å². The van der Waals surface area contributed by atoms with E-state index in [4.69, 9.17) is 14.2 Å². The highest BCUT2D eigenvalue weighted by Gasteiger charge is 2.33. The molecule has 0 amide bonds. The first-order chi connectivity index (χ1) is 14.7. The Labute approximate surface area is 201 Å². The minimum atomic E-state index is -4.67. The first kappa shape index (κ1) is 27.6. The van der Waals surface area contributed by atoms with E-state index in [1.807, 2.05) is 6.92 Å². The van der Waals surface area contributed by atoms with Crippen molar-refractivity contribution < 1.29 is 31.8 Å². The Kier molecular flexibility index (Phi) is 10.8. The number of rotatable bonds is 8. The van der Waals surface area contributed by atoms with Crippen LogP contribution in [-0.4, -0.2) is 33.8 Å². The monoisotopic (exact) mass is 571 g/mol. The van der Waals surface area contributed by atoms with Gasteiger partial charge >= 0.3 is 6.18 Å². The first-order valence-electron chi connectivity index (χ1n) is 9.40. The molecule has 6 nitrogen and oxygen atoms in total. The third-order valence-corrected chi connectivity index (χ3v) is 4.36. The molecular weight excluding hydrogens is 545 g/mol. The standard InChI is InChI=1S/C21H25F4N3O3.HI/c1-5-26-20(27-11-13-6-7-15(22)9-16(13)21(23,24)25)28-12-14-8-18(30-3)19(31-4)10-17(14)29-2;/h6-10H,5,11-12H2,1-4H3,(H2,26,27,28);1H. The Morgan fingerprint density at radius 3 is 2.09 bits per heavy atom. The Bertz CT molecular complexity index is 924. The van der Waals surface area contributed by atoms with E-state index >= 15 is 0 Å². The Balaban J connectivity index is 0.00000512. The SMILES string of the molecule is CCNC(=NCc1cc(OC)c(OC)cc1OC)NCc1ccc(F)cc1C(F)(F)F.I. The maximum atomic E-state index is 13.3. The van der Waals surface area contributed by atoms with Crippen LogP contribution in [0.3, 0.4) is 0 Å². The molecule has 0 aliphatic heterocycles. The molecule has 32 heavy (non-hydrogen) atoms. The molecule has 0 fully saturated rings. The zero-order chi connectivity index (χ0) is 23.0. The Morgan fingerprint density at radius 2 is 1.53 bits per heavy atom. The lowest BCUT2D eigenvalue weighted by molar-refractivity contribution is -0.138. The van der Waals surface area contributed by atoms with Crippen LogP contribution in [0.15, 0.2) is 35.3 Å². The third-order valence-electron chi connectivity index (χ3n) is 4.36. The molecule has 0 saturated heterocycles. The molecule has 0 spiro atoms. The van der Waals surface area contributed by atoms with Gasteiger partial charge in [-0.05, 0) is 30.7 Å². The molecule has 0 aliphatic carbocycles. The van der Waals surface area contributed by atoms with Gasteiger partial charge in [-0.3, -0.25) is 0 Å².